The van der Waals surface area contributed by atoms with Gasteiger partial charge < -0.3 is 14.4 Å². The van der Waals surface area contributed by atoms with E-state index in [0.29, 0.717) is 32.7 Å². The van der Waals surface area contributed by atoms with Gasteiger partial charge in [0.05, 0.1) is 24.4 Å². The number of piperidine rings is 1. The van der Waals surface area contributed by atoms with E-state index in [1.165, 1.54) is 0 Å². The third kappa shape index (κ3) is 4.40. The maximum absolute atomic E-state index is 12.6. The van der Waals surface area contributed by atoms with E-state index in [2.05, 4.69) is 0 Å². The molecule has 1 saturated carbocycles. The highest BCUT2D eigenvalue weighted by Crippen LogP contribution is 2.41. The Kier molecular flexibility index (Phi) is 6.26. The molecular formula is C18H32N2O5S. The Morgan fingerprint density at radius 1 is 1.23 bits per heavy atom. The van der Waals surface area contributed by atoms with Crippen molar-refractivity contribution in [1.82, 2.24) is 9.21 Å². The summed E-state index contributed by atoms with van der Waals surface area (Å²) < 4.78 is 38.2. The third-order valence-corrected chi connectivity index (χ3v) is 7.94. The number of carbonyl (C=O) groups is 1. The lowest BCUT2D eigenvalue weighted by atomic mass is 9.82. The van der Waals surface area contributed by atoms with Crippen molar-refractivity contribution in [3.63, 3.8) is 0 Å². The highest BCUT2D eigenvalue weighted by Gasteiger charge is 2.48. The Balaban J connectivity index is 1.63. The number of nitrogens with zero attached hydrogens (tertiary/aromatic N) is 2. The van der Waals surface area contributed by atoms with Crippen molar-refractivity contribution in [3.05, 3.63) is 0 Å². The molecule has 150 valence electrons. The standard InChI is InChI=1S/C18H32N2O5S/c1-3-26(22,23)20(15-4-5-15)16-6-13-25-18(14-16)8-10-19(11-9-18)17(21)7-12-24-2/h15-16H,3-14H2,1-2H3. The maximum atomic E-state index is 12.6. The number of rotatable bonds is 7. The molecule has 2 aliphatic heterocycles. The monoisotopic (exact) mass is 388 g/mol. The van der Waals surface area contributed by atoms with Crippen LogP contribution in [0.3, 0.4) is 0 Å². The van der Waals surface area contributed by atoms with Crippen LogP contribution in [0.15, 0.2) is 0 Å². The number of carbonyl (C=O) groups excluding carboxylic acids is 1. The van der Waals surface area contributed by atoms with Crippen LogP contribution in [0.25, 0.3) is 0 Å². The molecule has 3 rings (SSSR count). The second kappa shape index (κ2) is 8.12. The average Bonchev–Trinajstić information content (AvgIpc) is 3.45. The molecule has 1 atom stereocenters. The van der Waals surface area contributed by atoms with Crippen LogP contribution in [0, 0.1) is 0 Å². The minimum atomic E-state index is -3.19. The van der Waals surface area contributed by atoms with Crippen LogP contribution in [0.4, 0.5) is 0 Å². The molecule has 3 fully saturated rings. The highest BCUT2D eigenvalue weighted by molar-refractivity contribution is 7.89. The quantitative estimate of drug-likeness (QED) is 0.659. The van der Waals surface area contributed by atoms with E-state index in [1.807, 2.05) is 4.90 Å². The summed E-state index contributed by atoms with van der Waals surface area (Å²) in [4.78, 5) is 14.1. The second-order valence-electron chi connectivity index (χ2n) is 7.76. The molecule has 0 bridgehead atoms. The van der Waals surface area contributed by atoms with Gasteiger partial charge in [0.15, 0.2) is 0 Å². The van der Waals surface area contributed by atoms with Crippen LogP contribution >= 0.6 is 0 Å². The summed E-state index contributed by atoms with van der Waals surface area (Å²) in [6.45, 7) is 4.14. The summed E-state index contributed by atoms with van der Waals surface area (Å²) in [5, 5.41) is 0. The van der Waals surface area contributed by atoms with Crippen molar-refractivity contribution in [1.29, 1.82) is 0 Å². The van der Waals surface area contributed by atoms with Crippen LogP contribution in [0.1, 0.15) is 51.9 Å². The molecule has 0 aromatic carbocycles. The first-order valence-corrected chi connectivity index (χ1v) is 11.4. The van der Waals surface area contributed by atoms with E-state index in [0.717, 1.165) is 38.5 Å². The molecule has 1 amide bonds. The van der Waals surface area contributed by atoms with E-state index >= 15 is 0 Å². The van der Waals surface area contributed by atoms with Crippen molar-refractivity contribution in [2.45, 2.75) is 69.6 Å². The highest BCUT2D eigenvalue weighted by atomic mass is 32.2. The van der Waals surface area contributed by atoms with Crippen molar-refractivity contribution in [2.24, 2.45) is 0 Å². The first-order chi connectivity index (χ1) is 12.4. The van der Waals surface area contributed by atoms with Crippen LogP contribution < -0.4 is 0 Å². The minimum absolute atomic E-state index is 0.0388. The zero-order valence-electron chi connectivity index (χ0n) is 16.0. The SMILES string of the molecule is CCS(=O)(=O)N(C1CC1)C1CCOC2(CCN(C(=O)CCOC)CC2)C1. The summed E-state index contributed by atoms with van der Waals surface area (Å²) in [5.41, 5.74) is -0.280. The van der Waals surface area contributed by atoms with Gasteiger partial charge in [-0.3, -0.25) is 4.79 Å². The van der Waals surface area contributed by atoms with E-state index in [9.17, 15) is 13.2 Å². The third-order valence-electron chi connectivity index (χ3n) is 5.97. The largest absolute Gasteiger partial charge is 0.384 e. The fraction of sp³-hybridized carbons (Fsp3) is 0.944. The Morgan fingerprint density at radius 3 is 2.50 bits per heavy atom. The van der Waals surface area contributed by atoms with E-state index in [-0.39, 0.29) is 29.3 Å². The summed E-state index contributed by atoms with van der Waals surface area (Å²) in [6.07, 6.45) is 5.46. The molecule has 1 unspecified atom stereocenters. The molecule has 2 saturated heterocycles. The number of sulfonamides is 1. The molecule has 1 aliphatic carbocycles. The van der Waals surface area contributed by atoms with Gasteiger partial charge in [-0.1, -0.05) is 0 Å². The van der Waals surface area contributed by atoms with Crippen LogP contribution in [-0.4, -0.2) is 80.4 Å². The summed E-state index contributed by atoms with van der Waals surface area (Å²) in [6, 6.07) is 0.229. The molecule has 1 spiro atoms. The molecule has 0 radical (unpaired) electrons. The average molecular weight is 389 g/mol. The number of methoxy groups -OCH3 is 1. The van der Waals surface area contributed by atoms with Gasteiger partial charge in [-0.05, 0) is 45.4 Å². The number of amides is 1. The van der Waals surface area contributed by atoms with Gasteiger partial charge in [-0.25, -0.2) is 8.42 Å². The number of likely N-dealkylation sites (tertiary alicyclic amines) is 1. The predicted molar refractivity (Wildman–Crippen MR) is 98.3 cm³/mol. The fourth-order valence-electron chi connectivity index (χ4n) is 4.31. The van der Waals surface area contributed by atoms with Gasteiger partial charge in [-0.2, -0.15) is 4.31 Å². The van der Waals surface area contributed by atoms with Crippen LogP contribution in [-0.2, 0) is 24.3 Å². The Bertz CT molecular complexity index is 597. The molecule has 0 aromatic heterocycles. The maximum Gasteiger partial charge on any atom is 0.224 e. The Morgan fingerprint density at radius 2 is 1.92 bits per heavy atom. The topological polar surface area (TPSA) is 76.2 Å². The van der Waals surface area contributed by atoms with Gasteiger partial charge in [0.1, 0.15) is 0 Å². The Hall–Kier alpha value is -0.700. The van der Waals surface area contributed by atoms with Crippen molar-refractivity contribution in [3.8, 4) is 0 Å². The first kappa shape index (κ1) is 20.0. The lowest BCUT2D eigenvalue weighted by Crippen LogP contribution is -2.56. The summed E-state index contributed by atoms with van der Waals surface area (Å²) in [7, 11) is -1.59. The van der Waals surface area contributed by atoms with Gasteiger partial charge in [-0.15, -0.1) is 0 Å². The van der Waals surface area contributed by atoms with Crippen LogP contribution in [0.5, 0.6) is 0 Å². The predicted octanol–water partition coefficient (Wildman–Crippen LogP) is 1.38. The number of hydrogen-bond acceptors (Lipinski definition) is 5. The molecule has 2 heterocycles. The normalized spacial score (nSPS) is 26.4. The molecule has 7 nitrogen and oxygen atoms in total. The van der Waals surface area contributed by atoms with Crippen LogP contribution in [0.2, 0.25) is 0 Å². The van der Waals surface area contributed by atoms with E-state index < -0.39 is 10.0 Å². The van der Waals surface area contributed by atoms with Crippen molar-refractivity contribution < 1.29 is 22.7 Å². The lowest BCUT2D eigenvalue weighted by molar-refractivity contribution is -0.147. The van der Waals surface area contributed by atoms with Gasteiger partial charge in [0.2, 0.25) is 15.9 Å². The molecular weight excluding hydrogens is 356 g/mol. The fourth-order valence-corrected chi connectivity index (χ4v) is 5.91. The molecule has 3 aliphatic rings. The zero-order chi connectivity index (χ0) is 18.8. The van der Waals surface area contributed by atoms with E-state index in [1.54, 1.807) is 18.3 Å². The minimum Gasteiger partial charge on any atom is -0.384 e. The molecule has 0 aromatic rings. The van der Waals surface area contributed by atoms with Gasteiger partial charge in [0.25, 0.3) is 0 Å². The van der Waals surface area contributed by atoms with Crippen molar-refractivity contribution in [2.75, 3.05) is 39.2 Å². The summed E-state index contributed by atoms with van der Waals surface area (Å²) >= 11 is 0. The number of hydrogen-bond donors (Lipinski definition) is 0. The Labute approximate surface area is 157 Å². The van der Waals surface area contributed by atoms with Crippen molar-refractivity contribution >= 4 is 15.9 Å². The van der Waals surface area contributed by atoms with E-state index in [4.69, 9.17) is 9.47 Å². The smallest absolute Gasteiger partial charge is 0.224 e. The zero-order valence-corrected chi connectivity index (χ0v) is 16.8. The number of ether oxygens (including phenoxy) is 2. The lowest BCUT2D eigenvalue weighted by Gasteiger charge is -2.48. The molecule has 8 heteroatoms. The molecule has 26 heavy (non-hydrogen) atoms. The molecule has 0 N–H and O–H groups in total. The summed E-state index contributed by atoms with van der Waals surface area (Å²) in [5.74, 6) is 0.289. The first-order valence-electron chi connectivity index (χ1n) is 9.83. The second-order valence-corrected chi connectivity index (χ2v) is 9.93. The van der Waals surface area contributed by atoms with Gasteiger partial charge in [0, 0.05) is 38.9 Å². The van der Waals surface area contributed by atoms with Gasteiger partial charge >= 0.3 is 0 Å².